The lowest BCUT2D eigenvalue weighted by atomic mass is 10.2. The van der Waals surface area contributed by atoms with Crippen molar-refractivity contribution in [3.8, 4) is 0 Å². The van der Waals surface area contributed by atoms with Crippen LogP contribution in [0.1, 0.15) is 26.2 Å². The molecule has 0 aliphatic carbocycles. The molecule has 1 aliphatic heterocycles. The highest BCUT2D eigenvalue weighted by Gasteiger charge is 2.27. The van der Waals surface area contributed by atoms with E-state index in [0.717, 1.165) is 31.0 Å². The molecule has 9 heteroatoms. The zero-order chi connectivity index (χ0) is 21.0. The van der Waals surface area contributed by atoms with Gasteiger partial charge in [-0.2, -0.15) is 4.31 Å². The fourth-order valence-electron chi connectivity index (χ4n) is 3.03. The number of halogens is 2. The summed E-state index contributed by atoms with van der Waals surface area (Å²) in [7, 11) is -3.64. The lowest BCUT2D eigenvalue weighted by Crippen LogP contribution is -2.35. The van der Waals surface area contributed by atoms with Gasteiger partial charge in [0.25, 0.3) is 0 Å². The van der Waals surface area contributed by atoms with E-state index in [2.05, 4.69) is 5.32 Å². The molecule has 0 saturated carbocycles. The van der Waals surface area contributed by atoms with Crippen LogP contribution in [0.4, 0.5) is 10.1 Å². The lowest BCUT2D eigenvalue weighted by molar-refractivity contribution is -0.115. The van der Waals surface area contributed by atoms with E-state index in [1.807, 2.05) is 0 Å². The van der Waals surface area contributed by atoms with Gasteiger partial charge < -0.3 is 5.32 Å². The lowest BCUT2D eigenvalue weighted by Gasteiger charge is -2.26. The van der Waals surface area contributed by atoms with Crippen molar-refractivity contribution < 1.29 is 17.6 Å². The number of carbonyl (C=O) groups is 1. The van der Waals surface area contributed by atoms with Gasteiger partial charge in [0.1, 0.15) is 5.82 Å². The van der Waals surface area contributed by atoms with E-state index in [1.54, 1.807) is 25.1 Å². The number of nitrogens with one attached hydrogen (secondary N) is 1. The highest BCUT2D eigenvalue weighted by atomic mass is 35.5. The molecule has 1 saturated heterocycles. The van der Waals surface area contributed by atoms with Crippen molar-refractivity contribution in [2.24, 2.45) is 0 Å². The molecule has 1 unspecified atom stereocenters. The molecule has 156 valence electrons. The van der Waals surface area contributed by atoms with Crippen LogP contribution < -0.4 is 5.32 Å². The third kappa shape index (κ3) is 5.31. The highest BCUT2D eigenvalue weighted by molar-refractivity contribution is 8.00. The summed E-state index contributed by atoms with van der Waals surface area (Å²) < 4.78 is 41.0. The largest absolute Gasteiger partial charge is 0.324 e. The van der Waals surface area contributed by atoms with Crippen LogP contribution in [0.5, 0.6) is 0 Å². The zero-order valence-electron chi connectivity index (χ0n) is 15.9. The number of hydrogen-bond donors (Lipinski definition) is 1. The van der Waals surface area contributed by atoms with Crippen LogP contribution in [0.25, 0.3) is 0 Å². The molecule has 0 spiro atoms. The normalized spacial score (nSPS) is 16.4. The van der Waals surface area contributed by atoms with Gasteiger partial charge in [0.15, 0.2) is 0 Å². The van der Waals surface area contributed by atoms with Crippen LogP contribution in [-0.2, 0) is 14.8 Å². The first-order chi connectivity index (χ1) is 13.8. The number of nitrogens with zero attached hydrogens (tertiary/aromatic N) is 1. The number of carbonyl (C=O) groups excluding carboxylic acids is 1. The van der Waals surface area contributed by atoms with E-state index in [4.69, 9.17) is 11.6 Å². The Morgan fingerprint density at radius 2 is 1.86 bits per heavy atom. The van der Waals surface area contributed by atoms with Crippen LogP contribution >= 0.6 is 23.4 Å². The summed E-state index contributed by atoms with van der Waals surface area (Å²) in [5.74, 6) is -0.794. The van der Waals surface area contributed by atoms with E-state index in [9.17, 15) is 17.6 Å². The minimum absolute atomic E-state index is 0.0912. The molecule has 29 heavy (non-hydrogen) atoms. The van der Waals surface area contributed by atoms with Gasteiger partial charge in [0.05, 0.1) is 20.9 Å². The van der Waals surface area contributed by atoms with Crippen molar-refractivity contribution >= 4 is 45.0 Å². The molecule has 0 aromatic heterocycles. The molecular weight excluding hydrogens is 435 g/mol. The Bertz CT molecular complexity index is 995. The van der Waals surface area contributed by atoms with Gasteiger partial charge in [0.2, 0.25) is 15.9 Å². The molecule has 1 aliphatic rings. The molecule has 2 aromatic carbocycles. The maximum absolute atomic E-state index is 13.8. The fraction of sp³-hybridized carbons (Fsp3) is 0.350. The number of sulfonamides is 1. The molecule has 2 aromatic rings. The molecule has 1 fully saturated rings. The summed E-state index contributed by atoms with van der Waals surface area (Å²) in [6.45, 7) is 2.63. The highest BCUT2D eigenvalue weighted by Crippen LogP contribution is 2.30. The van der Waals surface area contributed by atoms with Crippen molar-refractivity contribution in [2.45, 2.75) is 41.2 Å². The molecule has 3 rings (SSSR count). The second kappa shape index (κ2) is 9.47. The van der Waals surface area contributed by atoms with E-state index in [1.165, 1.54) is 28.6 Å². The summed E-state index contributed by atoms with van der Waals surface area (Å²) in [5, 5.41) is 2.30. The monoisotopic (exact) mass is 456 g/mol. The minimum Gasteiger partial charge on any atom is -0.324 e. The number of anilines is 1. The maximum Gasteiger partial charge on any atom is 0.243 e. The first kappa shape index (κ1) is 22.1. The van der Waals surface area contributed by atoms with Gasteiger partial charge in [-0.1, -0.05) is 30.2 Å². The maximum atomic E-state index is 13.8. The molecule has 1 amide bonds. The van der Waals surface area contributed by atoms with Crippen molar-refractivity contribution in [3.05, 3.63) is 53.3 Å². The first-order valence-electron chi connectivity index (χ1n) is 9.31. The van der Waals surface area contributed by atoms with Crippen molar-refractivity contribution in [3.63, 3.8) is 0 Å². The number of piperidine rings is 1. The fourth-order valence-corrected chi connectivity index (χ4v) is 5.63. The van der Waals surface area contributed by atoms with Crippen LogP contribution in [-0.4, -0.2) is 37.0 Å². The molecule has 0 radical (unpaired) electrons. The zero-order valence-corrected chi connectivity index (χ0v) is 18.3. The second-order valence-electron chi connectivity index (χ2n) is 6.79. The Labute approximate surface area is 179 Å². The van der Waals surface area contributed by atoms with Crippen LogP contribution in [0, 0.1) is 5.82 Å². The number of rotatable bonds is 6. The predicted molar refractivity (Wildman–Crippen MR) is 114 cm³/mol. The van der Waals surface area contributed by atoms with Crippen LogP contribution in [0.2, 0.25) is 5.02 Å². The van der Waals surface area contributed by atoms with E-state index in [0.29, 0.717) is 18.0 Å². The molecule has 1 heterocycles. The van der Waals surface area contributed by atoms with Gasteiger partial charge in [-0.25, -0.2) is 12.8 Å². The van der Waals surface area contributed by atoms with Crippen molar-refractivity contribution in [2.75, 3.05) is 18.4 Å². The Morgan fingerprint density at radius 3 is 2.55 bits per heavy atom. The average Bonchev–Trinajstić information content (AvgIpc) is 2.71. The van der Waals surface area contributed by atoms with Gasteiger partial charge in [-0.15, -0.1) is 11.8 Å². The number of benzene rings is 2. The molecule has 1 atom stereocenters. The summed E-state index contributed by atoms with van der Waals surface area (Å²) in [4.78, 5) is 13.0. The van der Waals surface area contributed by atoms with Gasteiger partial charge >= 0.3 is 0 Å². The standard InChI is InChI=1S/C20H22ClFN2O3S2/c1-14(28-19-8-4-3-7-17(19)22)20(25)23-18-13-15(9-10-16(18)21)29(26,27)24-11-5-2-6-12-24/h3-4,7-10,13-14H,2,5-6,11-12H2,1H3,(H,23,25). The Balaban J connectivity index is 1.76. The Hall–Kier alpha value is -1.61. The number of amides is 1. The molecule has 5 nitrogen and oxygen atoms in total. The van der Waals surface area contributed by atoms with Crippen LogP contribution in [0.3, 0.4) is 0 Å². The topological polar surface area (TPSA) is 66.5 Å². The second-order valence-corrected chi connectivity index (χ2v) is 10.5. The summed E-state index contributed by atoms with van der Waals surface area (Å²) in [6, 6.07) is 10.5. The first-order valence-corrected chi connectivity index (χ1v) is 12.0. The number of thioether (sulfide) groups is 1. The molecular formula is C20H22ClFN2O3S2. The third-order valence-corrected chi connectivity index (χ3v) is 8.03. The Morgan fingerprint density at radius 1 is 1.17 bits per heavy atom. The summed E-state index contributed by atoms with van der Waals surface area (Å²) in [6.07, 6.45) is 2.69. The quantitative estimate of drug-likeness (QED) is 0.635. The number of hydrogen-bond acceptors (Lipinski definition) is 4. The smallest absolute Gasteiger partial charge is 0.243 e. The van der Waals surface area contributed by atoms with E-state index >= 15 is 0 Å². The summed E-state index contributed by atoms with van der Waals surface area (Å²) >= 11 is 7.26. The summed E-state index contributed by atoms with van der Waals surface area (Å²) in [5.41, 5.74) is 0.218. The minimum atomic E-state index is -3.64. The van der Waals surface area contributed by atoms with E-state index < -0.39 is 27.0 Å². The van der Waals surface area contributed by atoms with Gasteiger partial charge in [-0.05, 0) is 50.1 Å². The van der Waals surface area contributed by atoms with E-state index in [-0.39, 0.29) is 15.6 Å². The Kier molecular flexibility index (Phi) is 7.21. The molecule has 1 N–H and O–H groups in total. The van der Waals surface area contributed by atoms with Crippen LogP contribution in [0.15, 0.2) is 52.3 Å². The van der Waals surface area contributed by atoms with Crippen molar-refractivity contribution in [1.29, 1.82) is 0 Å². The van der Waals surface area contributed by atoms with Crippen molar-refractivity contribution in [1.82, 2.24) is 4.31 Å². The SMILES string of the molecule is CC(Sc1ccccc1F)C(=O)Nc1cc(S(=O)(=O)N2CCCCC2)ccc1Cl. The molecule has 0 bridgehead atoms. The third-order valence-electron chi connectivity index (χ3n) is 4.66. The van der Waals surface area contributed by atoms with Gasteiger partial charge in [0, 0.05) is 18.0 Å². The van der Waals surface area contributed by atoms with Gasteiger partial charge in [-0.3, -0.25) is 4.79 Å². The average molecular weight is 457 g/mol. The predicted octanol–water partition coefficient (Wildman–Crippen LogP) is 4.77.